The van der Waals surface area contributed by atoms with Gasteiger partial charge >= 0.3 is 0 Å². The molecule has 3 aliphatic heterocycles. The molecular formula is C57H72ClN7O7S. The number of aliphatic hydroxyl groups is 1. The van der Waals surface area contributed by atoms with Crippen LogP contribution >= 0.6 is 22.9 Å². The number of benzene rings is 3. The van der Waals surface area contributed by atoms with E-state index >= 15 is 0 Å². The lowest BCUT2D eigenvalue weighted by Gasteiger charge is -2.63. The number of Topliss-reactive ketones (excluding diaryl/α,β-unsaturated/α-hetero) is 1. The lowest BCUT2D eigenvalue weighted by atomic mass is 9.49. The van der Waals surface area contributed by atoms with E-state index in [4.69, 9.17) is 21.1 Å². The van der Waals surface area contributed by atoms with E-state index in [2.05, 4.69) is 71.3 Å². The summed E-state index contributed by atoms with van der Waals surface area (Å²) in [5.74, 6) is -0.827. The third kappa shape index (κ3) is 11.6. The molecule has 1 aromatic heterocycles. The number of nitriles is 1. The second-order valence-electron chi connectivity index (χ2n) is 23.2. The number of amides is 3. The van der Waals surface area contributed by atoms with E-state index in [1.807, 2.05) is 76.5 Å². The summed E-state index contributed by atoms with van der Waals surface area (Å²) >= 11 is 7.87. The van der Waals surface area contributed by atoms with Crippen molar-refractivity contribution in [2.24, 2.45) is 22.2 Å². The number of likely N-dealkylation sites (tertiary alicyclic amines) is 1. The molecule has 3 amide bonds. The van der Waals surface area contributed by atoms with Crippen LogP contribution in [-0.2, 0) is 24.5 Å². The van der Waals surface area contributed by atoms with Crippen molar-refractivity contribution in [2.75, 3.05) is 59.0 Å². The highest BCUT2D eigenvalue weighted by molar-refractivity contribution is 7.13. The zero-order valence-electron chi connectivity index (χ0n) is 43.8. The Morgan fingerprint density at radius 2 is 1.63 bits per heavy atom. The monoisotopic (exact) mass is 1030 g/mol. The van der Waals surface area contributed by atoms with Gasteiger partial charge in [0.25, 0.3) is 5.91 Å². The number of ketones is 1. The molecule has 390 valence electrons. The fourth-order valence-electron chi connectivity index (χ4n) is 11.8. The Labute approximate surface area is 439 Å². The smallest absolute Gasteiger partial charge is 0.251 e. The lowest BCUT2D eigenvalue weighted by molar-refractivity contribution is -0.164. The number of rotatable bonds is 17. The fourth-order valence-corrected chi connectivity index (χ4v) is 12.9. The number of hydrogen-bond donors (Lipinski definition) is 3. The number of aromatic nitrogens is 1. The molecule has 4 heterocycles. The highest BCUT2D eigenvalue weighted by atomic mass is 35.5. The average Bonchev–Trinajstić information content (AvgIpc) is 3.96. The Bertz CT molecular complexity index is 2680. The molecule has 4 aliphatic rings. The van der Waals surface area contributed by atoms with Crippen LogP contribution in [0.1, 0.15) is 113 Å². The Hall–Kier alpha value is -5.21. The Morgan fingerprint density at radius 1 is 0.973 bits per heavy atom. The fraction of sp³-hybridized carbons (Fsp3) is 0.544. The number of nitrogens with one attached hydrogen (secondary N) is 2. The standard InChI is InChI=1S/C57H72ClN7O7S/c1-35(37-10-12-38(13-11-37)48-36(2)60-34-73-48)61-50(69)47-27-43(67)31-65(47)51(70)45(54(3,4)5)26-42(66)30-64-24-22-63(23-25-64)21-20-57(32-71-33-57)41-17-14-39(15-18-41)49(68)62-52-55(6,7)53(56(52,8)9)72-44-19-16-40(29-59)46(58)28-44/h10-19,28,34-35,43,45,47,52-53,67H,20-27,30-33H2,1-9H3,(H,61,69)(H,62,68)/t35-,43+,45+,47-,52?,53?/m0/s1. The normalized spacial score (nSPS) is 23.3. The number of aliphatic hydroxyl groups excluding tert-OH is 1. The van der Waals surface area contributed by atoms with Gasteiger partial charge in [0.1, 0.15) is 29.7 Å². The van der Waals surface area contributed by atoms with E-state index in [1.54, 1.807) is 29.5 Å². The molecule has 0 bridgehead atoms. The first-order valence-electron chi connectivity index (χ1n) is 25.6. The molecule has 3 N–H and O–H groups in total. The molecule has 8 rings (SSSR count). The van der Waals surface area contributed by atoms with Crippen LogP contribution in [0, 0.1) is 40.4 Å². The molecule has 1 saturated carbocycles. The van der Waals surface area contributed by atoms with Gasteiger partial charge in [-0.3, -0.25) is 24.1 Å². The summed E-state index contributed by atoms with van der Waals surface area (Å²) in [6, 6.07) is 21.8. The van der Waals surface area contributed by atoms with Crippen molar-refractivity contribution in [1.29, 1.82) is 5.26 Å². The molecular weight excluding hydrogens is 962 g/mol. The number of hydrogen-bond acceptors (Lipinski definition) is 12. The van der Waals surface area contributed by atoms with E-state index < -0.39 is 23.5 Å². The van der Waals surface area contributed by atoms with Gasteiger partial charge < -0.3 is 35.0 Å². The zero-order chi connectivity index (χ0) is 52.6. The second-order valence-corrected chi connectivity index (χ2v) is 24.5. The predicted molar refractivity (Wildman–Crippen MR) is 283 cm³/mol. The number of halogens is 1. The SMILES string of the molecule is Cc1ncsc1-c1ccc([C@H](C)NC(=O)[C@@H]2C[C@@H](O)CN2C(=O)[C@@H](CC(=O)CN2CCN(CCC3(c4ccc(C(=O)NC5C(C)(C)C(Oc6ccc(C#N)c(Cl)c6)C5(C)C)cc4)COC3)CC2)C(C)(C)C)cc1. The molecule has 14 nitrogen and oxygen atoms in total. The van der Waals surface area contributed by atoms with Crippen molar-refractivity contribution in [3.05, 3.63) is 105 Å². The second kappa shape index (κ2) is 21.6. The maximum absolute atomic E-state index is 14.4. The Balaban J connectivity index is 0.796. The number of aryl methyl sites for hydroxylation is 1. The van der Waals surface area contributed by atoms with Crippen LogP contribution in [0.2, 0.25) is 5.02 Å². The quantitative estimate of drug-likeness (QED) is 0.0935. The maximum atomic E-state index is 14.4. The van der Waals surface area contributed by atoms with Crippen LogP contribution in [0.5, 0.6) is 5.75 Å². The van der Waals surface area contributed by atoms with Gasteiger partial charge in [-0.15, -0.1) is 11.3 Å². The number of carbonyl (C=O) groups excluding carboxylic acids is 4. The van der Waals surface area contributed by atoms with E-state index in [-0.39, 0.29) is 83.9 Å². The number of β-amino-alcohol motifs (C(OH)–C–C–N with tert-alkyl or cyclic N) is 1. The molecule has 3 saturated heterocycles. The number of piperazine rings is 1. The van der Waals surface area contributed by atoms with Crippen molar-refractivity contribution in [2.45, 2.75) is 117 Å². The summed E-state index contributed by atoms with van der Waals surface area (Å²) in [4.78, 5) is 67.3. The van der Waals surface area contributed by atoms with Crippen LogP contribution < -0.4 is 15.4 Å². The van der Waals surface area contributed by atoms with Crippen LogP contribution in [0.25, 0.3) is 10.4 Å². The average molecular weight is 1030 g/mol. The number of nitrogens with zero attached hydrogens (tertiary/aromatic N) is 5. The topological polar surface area (TPSA) is 177 Å². The van der Waals surface area contributed by atoms with Gasteiger partial charge in [-0.05, 0) is 73.2 Å². The zero-order valence-corrected chi connectivity index (χ0v) is 45.4. The third-order valence-electron chi connectivity index (χ3n) is 16.1. The van der Waals surface area contributed by atoms with Crippen LogP contribution in [0.15, 0.2) is 72.2 Å². The first-order valence-corrected chi connectivity index (χ1v) is 26.9. The largest absolute Gasteiger partial charge is 0.489 e. The molecule has 4 fully saturated rings. The van der Waals surface area contributed by atoms with Gasteiger partial charge in [-0.25, -0.2) is 4.98 Å². The third-order valence-corrected chi connectivity index (χ3v) is 17.4. The molecule has 16 heteroatoms. The van der Waals surface area contributed by atoms with Gasteiger partial charge in [-0.1, -0.05) is 96.5 Å². The highest BCUT2D eigenvalue weighted by Crippen LogP contribution is 2.56. The molecule has 0 radical (unpaired) electrons. The molecule has 4 aromatic rings. The van der Waals surface area contributed by atoms with Crippen molar-refractivity contribution < 1.29 is 33.8 Å². The van der Waals surface area contributed by atoms with E-state index in [9.17, 15) is 29.5 Å². The predicted octanol–water partition coefficient (Wildman–Crippen LogP) is 7.99. The molecule has 0 spiro atoms. The van der Waals surface area contributed by atoms with Crippen molar-refractivity contribution in [1.82, 2.24) is 30.3 Å². The van der Waals surface area contributed by atoms with Gasteiger partial charge in [0.2, 0.25) is 11.8 Å². The maximum Gasteiger partial charge on any atom is 0.251 e. The minimum atomic E-state index is -0.841. The van der Waals surface area contributed by atoms with Gasteiger partial charge in [-0.2, -0.15) is 5.26 Å². The van der Waals surface area contributed by atoms with E-state index in [0.29, 0.717) is 35.1 Å². The van der Waals surface area contributed by atoms with Crippen molar-refractivity contribution in [3.8, 4) is 22.3 Å². The van der Waals surface area contributed by atoms with Crippen LogP contribution in [0.3, 0.4) is 0 Å². The summed E-state index contributed by atoms with van der Waals surface area (Å²) in [7, 11) is 0. The first-order chi connectivity index (χ1) is 34.5. The Kier molecular flexibility index (Phi) is 16.0. The van der Waals surface area contributed by atoms with Crippen LogP contribution in [0.4, 0.5) is 0 Å². The summed E-state index contributed by atoms with van der Waals surface area (Å²) in [6.07, 6.45) is 0.0439. The Morgan fingerprint density at radius 3 is 2.21 bits per heavy atom. The summed E-state index contributed by atoms with van der Waals surface area (Å²) in [5, 5.41) is 26.8. The summed E-state index contributed by atoms with van der Waals surface area (Å²) < 4.78 is 12.2. The number of carbonyl (C=O) groups is 4. The molecule has 0 unspecified atom stereocenters. The van der Waals surface area contributed by atoms with Gasteiger partial charge in [0.05, 0.1) is 58.6 Å². The lowest BCUT2D eigenvalue weighted by Crippen LogP contribution is -2.74. The molecule has 73 heavy (non-hydrogen) atoms. The number of thiazole rings is 1. The van der Waals surface area contributed by atoms with E-state index in [0.717, 1.165) is 66.4 Å². The summed E-state index contributed by atoms with van der Waals surface area (Å²) in [5.41, 5.74) is 5.44. The molecule has 4 atom stereocenters. The van der Waals surface area contributed by atoms with Crippen molar-refractivity contribution >= 4 is 46.4 Å². The minimum absolute atomic E-state index is 0.0143. The van der Waals surface area contributed by atoms with Crippen molar-refractivity contribution in [3.63, 3.8) is 0 Å². The first kappa shape index (κ1) is 54.1. The number of ether oxygens (including phenoxy) is 2. The molecule has 3 aromatic carbocycles. The van der Waals surface area contributed by atoms with Crippen LogP contribution in [-0.4, -0.2) is 132 Å². The highest BCUT2D eigenvalue weighted by Gasteiger charge is 2.64. The van der Waals surface area contributed by atoms with Gasteiger partial charge in [0.15, 0.2) is 0 Å². The molecule has 1 aliphatic carbocycles. The minimum Gasteiger partial charge on any atom is -0.489 e. The van der Waals surface area contributed by atoms with Gasteiger partial charge in [0, 0.05) is 85.4 Å². The van der Waals surface area contributed by atoms with E-state index in [1.165, 1.54) is 4.90 Å². The summed E-state index contributed by atoms with van der Waals surface area (Å²) in [6.45, 7) is 23.6.